The summed E-state index contributed by atoms with van der Waals surface area (Å²) in [5, 5.41) is 2.86. The largest absolute Gasteiger partial charge is 0.496 e. The van der Waals surface area contributed by atoms with Gasteiger partial charge in [-0.25, -0.2) is 0 Å². The van der Waals surface area contributed by atoms with E-state index in [-0.39, 0.29) is 18.3 Å². The lowest BCUT2D eigenvalue weighted by atomic mass is 9.96. The van der Waals surface area contributed by atoms with Gasteiger partial charge in [0, 0.05) is 6.54 Å². The summed E-state index contributed by atoms with van der Waals surface area (Å²) in [6.45, 7) is 9.25. The van der Waals surface area contributed by atoms with Gasteiger partial charge in [0.2, 0.25) is 5.91 Å². The number of ether oxygens (including phenoxy) is 3. The van der Waals surface area contributed by atoms with Gasteiger partial charge in [0.15, 0.2) is 0 Å². The molecule has 1 N–H and O–H groups in total. The lowest BCUT2D eigenvalue weighted by Crippen LogP contribution is -2.39. The first-order chi connectivity index (χ1) is 12.4. The van der Waals surface area contributed by atoms with Gasteiger partial charge in [0.25, 0.3) is 0 Å². The first-order valence-electron chi connectivity index (χ1n) is 8.80. The van der Waals surface area contributed by atoms with Crippen LogP contribution in [0, 0.1) is 5.41 Å². The third kappa shape index (κ3) is 7.40. The molecule has 6 nitrogen and oxygen atoms in total. The molecule has 0 unspecified atom stereocenters. The van der Waals surface area contributed by atoms with Crippen molar-refractivity contribution in [3.63, 3.8) is 0 Å². The van der Waals surface area contributed by atoms with Gasteiger partial charge in [-0.05, 0) is 74.7 Å². The SMILES string of the molecule is COc1cc(CCNC(=O)CC(C)(C)OC(=O)C(C)(C)C)c(OC)cc1Br. The quantitative estimate of drug-likeness (QED) is 0.616. The molecule has 1 amide bonds. The molecule has 1 rings (SSSR count). The molecule has 0 bridgehead atoms. The minimum absolute atomic E-state index is 0.0929. The number of carbonyl (C=O) groups excluding carboxylic acids is 2. The van der Waals surface area contributed by atoms with Crippen LogP contribution in [0.5, 0.6) is 11.5 Å². The number of rotatable bonds is 8. The summed E-state index contributed by atoms with van der Waals surface area (Å²) in [4.78, 5) is 24.3. The number of amides is 1. The van der Waals surface area contributed by atoms with Crippen molar-refractivity contribution in [1.29, 1.82) is 0 Å². The number of hydrogen-bond donors (Lipinski definition) is 1. The zero-order chi connectivity index (χ0) is 20.8. The van der Waals surface area contributed by atoms with Crippen LogP contribution in [0.4, 0.5) is 0 Å². The van der Waals surface area contributed by atoms with Crippen LogP contribution in [0.2, 0.25) is 0 Å². The molecule has 0 heterocycles. The van der Waals surface area contributed by atoms with Crippen LogP contribution in [0.3, 0.4) is 0 Å². The lowest BCUT2D eigenvalue weighted by molar-refractivity contribution is -0.167. The minimum Gasteiger partial charge on any atom is -0.496 e. The molecular formula is C20H30BrNO5. The highest BCUT2D eigenvalue weighted by Crippen LogP contribution is 2.33. The first-order valence-corrected chi connectivity index (χ1v) is 9.59. The van der Waals surface area contributed by atoms with Crippen LogP contribution in [0.25, 0.3) is 0 Å². The van der Waals surface area contributed by atoms with Gasteiger partial charge in [-0.2, -0.15) is 0 Å². The van der Waals surface area contributed by atoms with E-state index in [9.17, 15) is 9.59 Å². The highest BCUT2D eigenvalue weighted by Gasteiger charge is 2.32. The monoisotopic (exact) mass is 443 g/mol. The summed E-state index contributed by atoms with van der Waals surface area (Å²) >= 11 is 3.42. The number of methoxy groups -OCH3 is 2. The van der Waals surface area contributed by atoms with E-state index in [0.717, 1.165) is 15.8 Å². The fraction of sp³-hybridized carbons (Fsp3) is 0.600. The Kier molecular flexibility index (Phi) is 8.14. The molecule has 0 spiro atoms. The Bertz CT molecular complexity index is 680. The summed E-state index contributed by atoms with van der Waals surface area (Å²) in [6, 6.07) is 3.72. The lowest BCUT2D eigenvalue weighted by Gasteiger charge is -2.28. The van der Waals surface area contributed by atoms with E-state index in [1.165, 1.54) is 0 Å². The molecule has 0 radical (unpaired) electrons. The molecule has 7 heteroatoms. The maximum absolute atomic E-state index is 12.2. The van der Waals surface area contributed by atoms with E-state index in [4.69, 9.17) is 14.2 Å². The fourth-order valence-corrected chi connectivity index (χ4v) is 2.83. The Morgan fingerprint density at radius 3 is 2.15 bits per heavy atom. The van der Waals surface area contributed by atoms with Crippen molar-refractivity contribution in [2.75, 3.05) is 20.8 Å². The van der Waals surface area contributed by atoms with Crippen LogP contribution >= 0.6 is 15.9 Å². The second kappa shape index (κ2) is 9.44. The summed E-state index contributed by atoms with van der Waals surface area (Å²) in [5.41, 5.74) is -0.547. The molecular weight excluding hydrogens is 414 g/mol. The molecule has 0 atom stereocenters. The smallest absolute Gasteiger partial charge is 0.311 e. The maximum atomic E-state index is 12.2. The molecule has 152 valence electrons. The molecule has 0 aliphatic heterocycles. The number of nitrogens with one attached hydrogen (secondary N) is 1. The van der Waals surface area contributed by atoms with Crippen LogP contribution < -0.4 is 14.8 Å². The van der Waals surface area contributed by atoms with Crippen LogP contribution in [0.15, 0.2) is 16.6 Å². The first kappa shape index (κ1) is 23.3. The number of halogens is 1. The Morgan fingerprint density at radius 1 is 1.04 bits per heavy atom. The van der Waals surface area contributed by atoms with Crippen molar-refractivity contribution >= 4 is 27.8 Å². The Balaban J connectivity index is 2.62. The molecule has 27 heavy (non-hydrogen) atoms. The fourth-order valence-electron chi connectivity index (χ4n) is 2.34. The number of hydrogen-bond acceptors (Lipinski definition) is 5. The predicted molar refractivity (Wildman–Crippen MR) is 108 cm³/mol. The van der Waals surface area contributed by atoms with Crippen molar-refractivity contribution in [2.45, 2.75) is 53.1 Å². The van der Waals surface area contributed by atoms with Crippen LogP contribution in [-0.4, -0.2) is 38.2 Å². The van der Waals surface area contributed by atoms with Gasteiger partial charge in [-0.15, -0.1) is 0 Å². The third-order valence-corrected chi connectivity index (χ3v) is 4.46. The average molecular weight is 444 g/mol. The van der Waals surface area contributed by atoms with Crippen LogP contribution in [-0.2, 0) is 20.7 Å². The van der Waals surface area contributed by atoms with Crippen molar-refractivity contribution in [1.82, 2.24) is 5.32 Å². The zero-order valence-corrected chi connectivity index (χ0v) is 18.8. The Labute approximate surface area is 170 Å². The van der Waals surface area contributed by atoms with E-state index in [0.29, 0.717) is 18.7 Å². The number of benzene rings is 1. The summed E-state index contributed by atoms with van der Waals surface area (Å²) < 4.78 is 17.0. The van der Waals surface area contributed by atoms with Gasteiger partial charge in [-0.3, -0.25) is 9.59 Å². The molecule has 1 aromatic carbocycles. The van der Waals surface area contributed by atoms with Gasteiger partial charge in [0.1, 0.15) is 17.1 Å². The van der Waals surface area contributed by atoms with E-state index in [1.807, 2.05) is 12.1 Å². The normalized spacial score (nSPS) is 11.7. The van der Waals surface area contributed by atoms with E-state index >= 15 is 0 Å². The van der Waals surface area contributed by atoms with E-state index < -0.39 is 11.0 Å². The molecule has 0 aliphatic carbocycles. The molecule has 0 fully saturated rings. The molecule has 0 aliphatic rings. The Hall–Kier alpha value is -1.76. The van der Waals surface area contributed by atoms with Crippen LogP contribution in [0.1, 0.15) is 46.6 Å². The maximum Gasteiger partial charge on any atom is 0.311 e. The van der Waals surface area contributed by atoms with E-state index in [1.54, 1.807) is 48.8 Å². The zero-order valence-electron chi connectivity index (χ0n) is 17.2. The van der Waals surface area contributed by atoms with Gasteiger partial charge in [0.05, 0.1) is 30.5 Å². The van der Waals surface area contributed by atoms with Gasteiger partial charge < -0.3 is 19.5 Å². The van der Waals surface area contributed by atoms with E-state index in [2.05, 4.69) is 21.2 Å². The molecule has 1 aromatic rings. The van der Waals surface area contributed by atoms with Crippen molar-refractivity contribution in [3.05, 3.63) is 22.2 Å². The average Bonchev–Trinajstić information content (AvgIpc) is 2.53. The van der Waals surface area contributed by atoms with Crippen molar-refractivity contribution in [2.24, 2.45) is 5.41 Å². The molecule has 0 saturated carbocycles. The minimum atomic E-state index is -0.868. The topological polar surface area (TPSA) is 73.9 Å². The Morgan fingerprint density at radius 2 is 1.63 bits per heavy atom. The summed E-state index contributed by atoms with van der Waals surface area (Å²) in [7, 11) is 3.20. The van der Waals surface area contributed by atoms with Crippen molar-refractivity contribution < 1.29 is 23.8 Å². The number of carbonyl (C=O) groups is 2. The number of esters is 1. The second-order valence-electron chi connectivity index (χ2n) is 7.97. The van der Waals surface area contributed by atoms with Crippen molar-refractivity contribution in [3.8, 4) is 11.5 Å². The van der Waals surface area contributed by atoms with Gasteiger partial charge in [-0.1, -0.05) is 0 Å². The van der Waals surface area contributed by atoms with Gasteiger partial charge >= 0.3 is 5.97 Å². The summed E-state index contributed by atoms with van der Waals surface area (Å²) in [5.74, 6) is 0.917. The second-order valence-corrected chi connectivity index (χ2v) is 8.83. The third-order valence-electron chi connectivity index (χ3n) is 3.84. The highest BCUT2D eigenvalue weighted by molar-refractivity contribution is 9.10. The highest BCUT2D eigenvalue weighted by atomic mass is 79.9. The predicted octanol–water partition coefficient (Wildman–Crippen LogP) is 3.88. The molecule has 0 saturated heterocycles. The standard InChI is InChI=1S/C20H30BrNO5/c1-19(2,3)18(24)27-20(4,5)12-17(23)22-9-8-13-10-16(26-7)14(21)11-15(13)25-6/h10-11H,8-9,12H2,1-7H3,(H,22,23). The summed E-state index contributed by atoms with van der Waals surface area (Å²) in [6.07, 6.45) is 0.677. The molecule has 0 aromatic heterocycles.